The van der Waals surface area contributed by atoms with Gasteiger partial charge < -0.3 is 4.90 Å². The summed E-state index contributed by atoms with van der Waals surface area (Å²) in [6.45, 7) is 0. The van der Waals surface area contributed by atoms with Crippen LogP contribution in [0, 0.1) is 0 Å². The van der Waals surface area contributed by atoms with E-state index in [0.29, 0.717) is 0 Å². The standard InChI is InChI=1S/C34H25NS/c1-2-9-24(10-3-1)26-17-20-28(21-18-26)35(29-22-19-25-11-4-5-12-27(25)23-29)32-15-8-14-31-30-13-6-7-16-33(30)36-34(31)32/h1-4,6-11,13-23H,5,12H2. The fourth-order valence-corrected chi connectivity index (χ4v) is 6.53. The molecule has 0 fully saturated rings. The first-order chi connectivity index (χ1) is 17.8. The van der Waals surface area contributed by atoms with Crippen LogP contribution in [0.1, 0.15) is 17.5 Å². The number of aryl methyl sites for hydroxylation is 1. The Morgan fingerprint density at radius 3 is 2.25 bits per heavy atom. The SMILES string of the molecule is C1=Cc2ccc(N(c3ccc(-c4ccccc4)cc3)c3cccc4c3sc3ccccc34)cc2CC1. The van der Waals surface area contributed by atoms with Crippen LogP contribution in [-0.4, -0.2) is 0 Å². The lowest BCUT2D eigenvalue weighted by atomic mass is 9.96. The van der Waals surface area contributed by atoms with Gasteiger partial charge in [-0.05, 0) is 71.5 Å². The molecule has 6 aromatic rings. The summed E-state index contributed by atoms with van der Waals surface area (Å²) in [7, 11) is 0. The van der Waals surface area contributed by atoms with E-state index in [2.05, 4.69) is 132 Å². The lowest BCUT2D eigenvalue weighted by molar-refractivity contribution is 0.984. The molecule has 0 saturated heterocycles. The average Bonchev–Trinajstić information content (AvgIpc) is 3.34. The summed E-state index contributed by atoms with van der Waals surface area (Å²) >= 11 is 1.88. The van der Waals surface area contributed by atoms with E-state index in [9.17, 15) is 0 Å². The number of anilines is 3. The van der Waals surface area contributed by atoms with Gasteiger partial charge >= 0.3 is 0 Å². The number of nitrogens with zero attached hydrogens (tertiary/aromatic N) is 1. The number of rotatable bonds is 4. The van der Waals surface area contributed by atoms with Crippen LogP contribution >= 0.6 is 11.3 Å². The van der Waals surface area contributed by atoms with Gasteiger partial charge in [0.2, 0.25) is 0 Å². The Hall–Kier alpha value is -4.14. The Bertz CT molecular complexity index is 1730. The third-order valence-electron chi connectivity index (χ3n) is 7.12. The van der Waals surface area contributed by atoms with Crippen molar-refractivity contribution in [2.45, 2.75) is 12.8 Å². The minimum Gasteiger partial charge on any atom is -0.309 e. The Kier molecular flexibility index (Phi) is 5.18. The zero-order valence-electron chi connectivity index (χ0n) is 19.9. The van der Waals surface area contributed by atoms with Crippen molar-refractivity contribution in [3.8, 4) is 11.1 Å². The Labute approximate surface area is 215 Å². The van der Waals surface area contributed by atoms with Crippen molar-refractivity contribution in [1.29, 1.82) is 0 Å². The number of thiophene rings is 1. The highest BCUT2D eigenvalue weighted by atomic mass is 32.1. The van der Waals surface area contributed by atoms with Crippen LogP contribution in [0.15, 0.2) is 121 Å². The van der Waals surface area contributed by atoms with Crippen LogP contribution in [0.25, 0.3) is 37.4 Å². The molecular weight excluding hydrogens is 454 g/mol. The molecule has 2 heteroatoms. The molecule has 0 radical (unpaired) electrons. The van der Waals surface area contributed by atoms with Crippen molar-refractivity contribution in [3.63, 3.8) is 0 Å². The summed E-state index contributed by atoms with van der Waals surface area (Å²) in [4.78, 5) is 2.44. The minimum absolute atomic E-state index is 1.09. The summed E-state index contributed by atoms with van der Waals surface area (Å²) in [6, 6.07) is 42.0. The lowest BCUT2D eigenvalue weighted by Gasteiger charge is -2.27. The Balaban J connectivity index is 1.43. The monoisotopic (exact) mass is 479 g/mol. The number of allylic oxidation sites excluding steroid dienone is 1. The highest BCUT2D eigenvalue weighted by Crippen LogP contribution is 2.45. The van der Waals surface area contributed by atoms with Crippen LogP contribution in [0.5, 0.6) is 0 Å². The van der Waals surface area contributed by atoms with E-state index in [0.717, 1.165) is 12.8 Å². The molecule has 1 heterocycles. The largest absolute Gasteiger partial charge is 0.309 e. The first-order valence-electron chi connectivity index (χ1n) is 12.5. The van der Waals surface area contributed by atoms with Gasteiger partial charge in [-0.3, -0.25) is 0 Å². The molecule has 1 nitrogen and oxygen atoms in total. The molecule has 5 aromatic carbocycles. The zero-order valence-corrected chi connectivity index (χ0v) is 20.7. The van der Waals surface area contributed by atoms with E-state index in [1.807, 2.05) is 11.3 Å². The third kappa shape index (κ3) is 3.62. The molecule has 1 aliphatic carbocycles. The molecule has 0 unspecified atom stereocenters. The fourth-order valence-electron chi connectivity index (χ4n) is 5.33. The van der Waals surface area contributed by atoms with E-state index in [1.54, 1.807) is 0 Å². The zero-order chi connectivity index (χ0) is 23.9. The molecule has 36 heavy (non-hydrogen) atoms. The maximum absolute atomic E-state index is 2.44. The van der Waals surface area contributed by atoms with Gasteiger partial charge in [0.05, 0.1) is 10.4 Å². The maximum Gasteiger partial charge on any atom is 0.0640 e. The fraction of sp³-hybridized carbons (Fsp3) is 0.0588. The number of benzene rings is 5. The molecule has 7 rings (SSSR count). The number of fused-ring (bicyclic) bond motifs is 4. The molecule has 0 N–H and O–H groups in total. The molecule has 0 aliphatic heterocycles. The van der Waals surface area contributed by atoms with E-state index in [-0.39, 0.29) is 0 Å². The molecular formula is C34H25NS. The molecule has 0 amide bonds. The van der Waals surface area contributed by atoms with Crippen molar-refractivity contribution in [2.75, 3.05) is 4.90 Å². The second-order valence-electron chi connectivity index (χ2n) is 9.32. The highest BCUT2D eigenvalue weighted by molar-refractivity contribution is 7.26. The first-order valence-corrected chi connectivity index (χ1v) is 13.3. The van der Waals surface area contributed by atoms with Crippen LogP contribution in [-0.2, 0) is 6.42 Å². The van der Waals surface area contributed by atoms with Crippen molar-refractivity contribution in [2.24, 2.45) is 0 Å². The van der Waals surface area contributed by atoms with E-state index < -0.39 is 0 Å². The Morgan fingerprint density at radius 1 is 0.611 bits per heavy atom. The minimum atomic E-state index is 1.09. The predicted molar refractivity (Wildman–Crippen MR) is 157 cm³/mol. The van der Waals surface area contributed by atoms with Crippen LogP contribution in [0.2, 0.25) is 0 Å². The molecule has 1 aromatic heterocycles. The van der Waals surface area contributed by atoms with Crippen molar-refractivity contribution < 1.29 is 0 Å². The number of hydrogen-bond acceptors (Lipinski definition) is 2. The molecule has 172 valence electrons. The van der Waals surface area contributed by atoms with Gasteiger partial charge in [-0.2, -0.15) is 0 Å². The normalized spacial score (nSPS) is 12.7. The smallest absolute Gasteiger partial charge is 0.0640 e. The topological polar surface area (TPSA) is 3.24 Å². The van der Waals surface area contributed by atoms with Gasteiger partial charge in [0, 0.05) is 26.8 Å². The second-order valence-corrected chi connectivity index (χ2v) is 10.4. The van der Waals surface area contributed by atoms with Crippen molar-refractivity contribution in [1.82, 2.24) is 0 Å². The van der Waals surface area contributed by atoms with E-state index in [4.69, 9.17) is 0 Å². The van der Waals surface area contributed by atoms with Gasteiger partial charge in [0.25, 0.3) is 0 Å². The average molecular weight is 480 g/mol. The molecule has 0 saturated carbocycles. The maximum atomic E-state index is 2.44. The van der Waals surface area contributed by atoms with E-state index >= 15 is 0 Å². The van der Waals surface area contributed by atoms with Gasteiger partial charge in [0.15, 0.2) is 0 Å². The van der Waals surface area contributed by atoms with Gasteiger partial charge in [-0.25, -0.2) is 0 Å². The second kappa shape index (κ2) is 8.82. The summed E-state index contributed by atoms with van der Waals surface area (Å²) in [5, 5.41) is 2.65. The molecule has 0 atom stereocenters. The summed E-state index contributed by atoms with van der Waals surface area (Å²) in [6.07, 6.45) is 6.73. The highest BCUT2D eigenvalue weighted by Gasteiger charge is 2.19. The van der Waals surface area contributed by atoms with Crippen LogP contribution in [0.4, 0.5) is 17.1 Å². The summed E-state index contributed by atoms with van der Waals surface area (Å²) in [5.41, 5.74) is 8.84. The van der Waals surface area contributed by atoms with Crippen molar-refractivity contribution >= 4 is 54.6 Å². The lowest BCUT2D eigenvalue weighted by Crippen LogP contribution is -2.11. The predicted octanol–water partition coefficient (Wildman–Crippen LogP) is 10.2. The van der Waals surface area contributed by atoms with E-state index in [1.165, 1.54) is 59.5 Å². The Morgan fingerprint density at radius 2 is 1.36 bits per heavy atom. The van der Waals surface area contributed by atoms with Crippen LogP contribution in [0.3, 0.4) is 0 Å². The van der Waals surface area contributed by atoms with Gasteiger partial charge in [-0.15, -0.1) is 11.3 Å². The van der Waals surface area contributed by atoms with Crippen molar-refractivity contribution in [3.05, 3.63) is 132 Å². The summed E-state index contributed by atoms with van der Waals surface area (Å²) < 4.78 is 2.65. The van der Waals surface area contributed by atoms with Crippen LogP contribution < -0.4 is 4.90 Å². The third-order valence-corrected chi connectivity index (χ3v) is 8.33. The number of hydrogen-bond donors (Lipinski definition) is 0. The quantitative estimate of drug-likeness (QED) is 0.243. The first kappa shape index (κ1) is 21.2. The molecule has 1 aliphatic rings. The van der Waals surface area contributed by atoms with Gasteiger partial charge in [-0.1, -0.05) is 91.0 Å². The van der Waals surface area contributed by atoms with Gasteiger partial charge in [0.1, 0.15) is 0 Å². The molecule has 0 bridgehead atoms. The molecule has 0 spiro atoms. The summed E-state index contributed by atoms with van der Waals surface area (Å²) in [5.74, 6) is 0.